The molecule has 6 aromatic rings. The molecule has 4 aromatic carbocycles. The molecule has 39 heavy (non-hydrogen) atoms. The number of fused-ring (bicyclic) bond motifs is 2. The first kappa shape index (κ1) is 23.5. The molecule has 1 aliphatic heterocycles. The van der Waals surface area contributed by atoms with Gasteiger partial charge in [-0.15, -0.1) is 0 Å². The van der Waals surface area contributed by atoms with Crippen LogP contribution in [0, 0.1) is 0 Å². The number of aromatic nitrogens is 2. The Labute approximate surface area is 230 Å². The van der Waals surface area contributed by atoms with E-state index in [1.165, 1.54) is 54.2 Å². The van der Waals surface area contributed by atoms with Crippen LogP contribution in [0.15, 0.2) is 134 Å². The van der Waals surface area contributed by atoms with E-state index in [9.17, 15) is 0 Å². The number of nitrogens with zero attached hydrogens (tertiary/aromatic N) is 2. The molecule has 3 heteroatoms. The molecule has 0 bridgehead atoms. The first-order valence-electron chi connectivity index (χ1n) is 13.4. The second-order valence-electron chi connectivity index (χ2n) is 10.6. The number of hydrogen-bond acceptors (Lipinski definition) is 2. The molecule has 2 aromatic heterocycles. The fourth-order valence-corrected chi connectivity index (χ4v) is 9.87. The fourth-order valence-electron chi connectivity index (χ4n) is 6.25. The predicted molar refractivity (Wildman–Crippen MR) is 167 cm³/mol. The Balaban J connectivity index is 1.66. The van der Waals surface area contributed by atoms with E-state index in [0.717, 1.165) is 11.4 Å². The Morgan fingerprint density at radius 2 is 0.821 bits per heavy atom. The lowest BCUT2D eigenvalue weighted by Gasteiger charge is -2.26. The Bertz CT molecular complexity index is 1770. The third kappa shape index (κ3) is 3.77. The normalized spacial score (nSPS) is 14.9. The Morgan fingerprint density at radius 3 is 1.26 bits per heavy atom. The number of hydrogen-bond donors (Lipinski definition) is 0. The summed E-state index contributed by atoms with van der Waals surface area (Å²) in [6, 6.07) is 43.2. The van der Waals surface area contributed by atoms with Gasteiger partial charge in [-0.1, -0.05) is 122 Å². The zero-order valence-corrected chi connectivity index (χ0v) is 23.1. The van der Waals surface area contributed by atoms with E-state index < -0.39 is 8.07 Å². The van der Waals surface area contributed by atoms with E-state index in [-0.39, 0.29) is 0 Å². The van der Waals surface area contributed by atoms with Crippen molar-refractivity contribution in [3.8, 4) is 0 Å². The minimum atomic E-state index is -2.37. The minimum Gasteiger partial charge on any atom is -0.256 e. The monoisotopic (exact) mass is 516 g/mol. The first-order valence-corrected chi connectivity index (χ1v) is 16.4. The molecule has 0 fully saturated rings. The molecule has 0 atom stereocenters. The smallest absolute Gasteiger partial charge is 0.119 e. The van der Waals surface area contributed by atoms with Gasteiger partial charge in [0.15, 0.2) is 0 Å². The first-order chi connectivity index (χ1) is 19.1. The summed E-state index contributed by atoms with van der Waals surface area (Å²) < 4.78 is 0. The highest BCUT2D eigenvalue weighted by molar-refractivity contribution is 7.13. The zero-order chi connectivity index (χ0) is 26.4. The summed E-state index contributed by atoms with van der Waals surface area (Å²) in [5.74, 6) is 0. The highest BCUT2D eigenvalue weighted by Gasteiger charge is 2.45. The summed E-state index contributed by atoms with van der Waals surface area (Å²) in [6.45, 7) is 4.95. The lowest BCUT2D eigenvalue weighted by atomic mass is 9.89. The quantitative estimate of drug-likeness (QED) is 0.218. The molecular formula is C36H28N2Si. The largest absolute Gasteiger partial charge is 0.256 e. The van der Waals surface area contributed by atoms with Crippen molar-refractivity contribution >= 4 is 51.2 Å². The lowest BCUT2D eigenvalue weighted by molar-refractivity contribution is 1.31. The second-order valence-corrected chi connectivity index (χ2v) is 14.9. The van der Waals surface area contributed by atoms with Crippen molar-refractivity contribution in [1.82, 2.24) is 9.97 Å². The number of benzene rings is 4. The average molecular weight is 517 g/mol. The summed E-state index contributed by atoms with van der Waals surface area (Å²) in [7, 11) is -2.37. The summed E-state index contributed by atoms with van der Waals surface area (Å²) in [5.41, 5.74) is 7.19. The molecule has 0 saturated heterocycles. The van der Waals surface area contributed by atoms with Gasteiger partial charge < -0.3 is 0 Å². The molecule has 0 amide bonds. The maximum atomic E-state index is 5.11. The highest BCUT2D eigenvalue weighted by Crippen LogP contribution is 2.56. The molecule has 186 valence electrons. The van der Waals surface area contributed by atoms with Gasteiger partial charge in [-0.05, 0) is 55.6 Å². The Hall–Kier alpha value is -4.60. The van der Waals surface area contributed by atoms with Crippen molar-refractivity contribution in [3.63, 3.8) is 0 Å². The number of rotatable bonds is 4. The maximum absolute atomic E-state index is 5.11. The van der Waals surface area contributed by atoms with Crippen LogP contribution in [0.5, 0.6) is 0 Å². The van der Waals surface area contributed by atoms with Crippen molar-refractivity contribution in [3.05, 3.63) is 156 Å². The summed E-state index contributed by atoms with van der Waals surface area (Å²) in [6.07, 6.45) is 3.93. The van der Waals surface area contributed by atoms with Crippen LogP contribution in [0.25, 0.3) is 43.1 Å². The van der Waals surface area contributed by atoms with Gasteiger partial charge >= 0.3 is 0 Å². The summed E-state index contributed by atoms with van der Waals surface area (Å²) in [4.78, 5) is 10.2. The van der Waals surface area contributed by atoms with E-state index in [2.05, 4.69) is 134 Å². The van der Waals surface area contributed by atoms with Crippen LogP contribution in [0.2, 0.25) is 13.1 Å². The van der Waals surface area contributed by atoms with E-state index in [0.29, 0.717) is 0 Å². The van der Waals surface area contributed by atoms with Crippen molar-refractivity contribution in [1.29, 1.82) is 0 Å². The molecule has 0 N–H and O–H groups in total. The molecule has 2 nitrogen and oxygen atoms in total. The van der Waals surface area contributed by atoms with Gasteiger partial charge in [-0.2, -0.15) is 0 Å². The third-order valence-electron chi connectivity index (χ3n) is 7.95. The van der Waals surface area contributed by atoms with Gasteiger partial charge in [0, 0.05) is 23.2 Å². The van der Waals surface area contributed by atoms with Gasteiger partial charge in [0.05, 0.1) is 11.4 Å². The number of allylic oxidation sites excluding steroid dienone is 2. The van der Waals surface area contributed by atoms with Crippen molar-refractivity contribution in [2.45, 2.75) is 13.1 Å². The molecule has 0 saturated carbocycles. The molecule has 0 unspecified atom stereocenters. The van der Waals surface area contributed by atoms with E-state index >= 15 is 0 Å². The van der Waals surface area contributed by atoms with E-state index in [1.807, 2.05) is 12.4 Å². The van der Waals surface area contributed by atoms with Gasteiger partial charge in [0.2, 0.25) is 0 Å². The lowest BCUT2D eigenvalue weighted by Crippen LogP contribution is -2.29. The Kier molecular flexibility index (Phi) is 5.61. The molecular weight excluding hydrogens is 488 g/mol. The molecule has 0 spiro atoms. The van der Waals surface area contributed by atoms with Crippen LogP contribution in [-0.2, 0) is 0 Å². The van der Waals surface area contributed by atoms with Crippen LogP contribution >= 0.6 is 0 Å². The summed E-state index contributed by atoms with van der Waals surface area (Å²) in [5, 5.41) is 7.56. The second kappa shape index (κ2) is 9.30. The van der Waals surface area contributed by atoms with Crippen LogP contribution in [0.4, 0.5) is 0 Å². The van der Waals surface area contributed by atoms with Crippen LogP contribution < -0.4 is 0 Å². The topological polar surface area (TPSA) is 25.8 Å². The number of pyridine rings is 2. The molecule has 1 aliphatic rings. The predicted octanol–water partition coefficient (Wildman–Crippen LogP) is 9.11. The van der Waals surface area contributed by atoms with Gasteiger partial charge in [-0.25, -0.2) is 0 Å². The van der Waals surface area contributed by atoms with Crippen molar-refractivity contribution in [2.24, 2.45) is 0 Å². The Morgan fingerprint density at radius 1 is 0.436 bits per heavy atom. The molecule has 0 radical (unpaired) electrons. The van der Waals surface area contributed by atoms with Crippen LogP contribution in [0.1, 0.15) is 22.5 Å². The summed E-state index contributed by atoms with van der Waals surface area (Å²) >= 11 is 0. The fraction of sp³-hybridized carbons (Fsp3) is 0.0556. The SMILES string of the molecule is C[Si]1(C)C(c2nccc3ccccc23)=C(c2ccccc2)C(c2ccccc2)=C1c1nccc2ccccc12. The van der Waals surface area contributed by atoms with Crippen LogP contribution in [-0.4, -0.2) is 18.0 Å². The zero-order valence-electron chi connectivity index (χ0n) is 22.1. The molecule has 3 heterocycles. The molecule has 0 aliphatic carbocycles. The standard InChI is InChI=1S/C36H28N2Si/c1-39(2)35(33-29-19-11-9-13-25(29)21-23-37-33)31(27-15-5-3-6-16-27)32(28-17-7-4-8-18-28)36(39)34-30-20-12-10-14-26(30)22-24-38-34/h3-24H,1-2H3. The van der Waals surface area contributed by atoms with Crippen molar-refractivity contribution in [2.75, 3.05) is 0 Å². The van der Waals surface area contributed by atoms with E-state index in [1.54, 1.807) is 0 Å². The van der Waals surface area contributed by atoms with E-state index in [4.69, 9.17) is 9.97 Å². The average Bonchev–Trinajstić information content (AvgIpc) is 3.24. The maximum Gasteiger partial charge on any atom is 0.119 e. The van der Waals surface area contributed by atoms with Gasteiger partial charge in [0.25, 0.3) is 0 Å². The minimum absolute atomic E-state index is 1.09. The van der Waals surface area contributed by atoms with Crippen molar-refractivity contribution < 1.29 is 0 Å². The molecule has 7 rings (SSSR count). The highest BCUT2D eigenvalue weighted by atomic mass is 28.3. The van der Waals surface area contributed by atoms with Gasteiger partial charge in [-0.3, -0.25) is 9.97 Å². The third-order valence-corrected chi connectivity index (χ3v) is 11.4. The van der Waals surface area contributed by atoms with Gasteiger partial charge in [0.1, 0.15) is 8.07 Å². The van der Waals surface area contributed by atoms with Crippen LogP contribution in [0.3, 0.4) is 0 Å².